The van der Waals surface area contributed by atoms with Gasteiger partial charge in [-0.3, -0.25) is 9.59 Å². The first kappa shape index (κ1) is 15.0. The van der Waals surface area contributed by atoms with E-state index in [2.05, 4.69) is 0 Å². The summed E-state index contributed by atoms with van der Waals surface area (Å²) >= 11 is 0. The van der Waals surface area contributed by atoms with Gasteiger partial charge in [0.05, 0.1) is 7.11 Å². The maximum absolute atomic E-state index is 11.9. The van der Waals surface area contributed by atoms with Gasteiger partial charge in [-0.05, 0) is 37.6 Å². The van der Waals surface area contributed by atoms with Crippen LogP contribution in [0.5, 0.6) is 5.75 Å². The van der Waals surface area contributed by atoms with Crippen LogP contribution >= 0.6 is 0 Å². The summed E-state index contributed by atoms with van der Waals surface area (Å²) in [6.07, 6.45) is 3.08. The van der Waals surface area contributed by atoms with Crippen LogP contribution in [0.3, 0.4) is 0 Å². The Morgan fingerprint density at radius 3 is 2.21 bits per heavy atom. The average Bonchev–Trinajstić information content (AvgIpc) is 2.35. The number of ether oxygens (including phenoxy) is 2. The van der Waals surface area contributed by atoms with E-state index in [1.807, 2.05) is 12.1 Å². The van der Waals surface area contributed by atoms with Gasteiger partial charge >= 0.3 is 5.97 Å². The third-order valence-electron chi connectivity index (χ3n) is 2.54. The van der Waals surface area contributed by atoms with E-state index in [4.69, 9.17) is 9.47 Å². The summed E-state index contributed by atoms with van der Waals surface area (Å²) in [6, 6.07) is 7.28. The van der Waals surface area contributed by atoms with Crippen LogP contribution in [0.4, 0.5) is 0 Å². The minimum Gasteiger partial charge on any atom is -0.497 e. The molecule has 0 aliphatic rings. The highest BCUT2D eigenvalue weighted by atomic mass is 16.6. The second kappa shape index (κ2) is 6.18. The molecule has 0 radical (unpaired) electrons. The van der Waals surface area contributed by atoms with Gasteiger partial charge < -0.3 is 9.47 Å². The summed E-state index contributed by atoms with van der Waals surface area (Å²) in [7, 11) is 1.59. The monoisotopic (exact) mass is 262 g/mol. The average molecular weight is 262 g/mol. The molecule has 0 saturated heterocycles. The van der Waals surface area contributed by atoms with Crippen molar-refractivity contribution in [2.75, 3.05) is 7.11 Å². The van der Waals surface area contributed by atoms with Crippen molar-refractivity contribution in [2.45, 2.75) is 26.4 Å². The lowest BCUT2D eigenvalue weighted by atomic mass is 10.0. The summed E-state index contributed by atoms with van der Waals surface area (Å²) in [5, 5.41) is 0. The van der Waals surface area contributed by atoms with E-state index in [1.165, 1.54) is 13.0 Å². The molecule has 0 bridgehead atoms. The lowest BCUT2D eigenvalue weighted by Gasteiger charge is -2.20. The Morgan fingerprint density at radius 1 is 1.16 bits per heavy atom. The Bertz CT molecular complexity index is 483. The number of carbonyl (C=O) groups excluding carboxylic acids is 2. The lowest BCUT2D eigenvalue weighted by molar-refractivity contribution is -0.159. The van der Waals surface area contributed by atoms with E-state index in [1.54, 1.807) is 39.2 Å². The van der Waals surface area contributed by atoms with Gasteiger partial charge in [-0.1, -0.05) is 18.2 Å². The highest BCUT2D eigenvalue weighted by Crippen LogP contribution is 2.15. The fourth-order valence-electron chi connectivity index (χ4n) is 1.50. The fraction of sp³-hybridized carbons (Fsp3) is 0.333. The van der Waals surface area contributed by atoms with Crippen molar-refractivity contribution in [1.29, 1.82) is 0 Å². The molecule has 0 saturated carbocycles. The van der Waals surface area contributed by atoms with Crippen LogP contribution < -0.4 is 4.74 Å². The highest BCUT2D eigenvalue weighted by molar-refractivity contribution is 6.00. The van der Waals surface area contributed by atoms with E-state index in [-0.39, 0.29) is 5.78 Å². The molecule has 0 amide bonds. The molecule has 0 fully saturated rings. The molecule has 1 aromatic rings. The van der Waals surface area contributed by atoms with Crippen LogP contribution in [0.2, 0.25) is 0 Å². The molecule has 0 heterocycles. The Balaban J connectivity index is 2.74. The molecule has 1 aromatic carbocycles. The molecule has 0 aromatic heterocycles. The first-order valence-corrected chi connectivity index (χ1v) is 5.91. The number of rotatable bonds is 5. The van der Waals surface area contributed by atoms with Gasteiger partial charge in [0.1, 0.15) is 5.75 Å². The molecule has 4 heteroatoms. The van der Waals surface area contributed by atoms with Crippen LogP contribution in [-0.2, 0) is 14.3 Å². The highest BCUT2D eigenvalue weighted by Gasteiger charge is 2.28. The number of esters is 1. The van der Waals surface area contributed by atoms with Crippen molar-refractivity contribution >= 4 is 17.8 Å². The summed E-state index contributed by atoms with van der Waals surface area (Å²) in [5.41, 5.74) is -0.276. The maximum Gasteiger partial charge on any atom is 0.303 e. The van der Waals surface area contributed by atoms with Crippen LogP contribution in [0.25, 0.3) is 6.08 Å². The van der Waals surface area contributed by atoms with Gasteiger partial charge in [-0.15, -0.1) is 0 Å². The lowest BCUT2D eigenvalue weighted by Crippen LogP contribution is -2.35. The van der Waals surface area contributed by atoms with E-state index < -0.39 is 11.6 Å². The van der Waals surface area contributed by atoms with Gasteiger partial charge in [0.15, 0.2) is 11.4 Å². The minimum absolute atomic E-state index is 0.265. The van der Waals surface area contributed by atoms with Gasteiger partial charge in [-0.2, -0.15) is 0 Å². The Hall–Kier alpha value is -2.10. The number of methoxy groups -OCH3 is 1. The number of benzene rings is 1. The Labute approximate surface area is 113 Å². The largest absolute Gasteiger partial charge is 0.497 e. The maximum atomic E-state index is 11.9. The van der Waals surface area contributed by atoms with E-state index in [0.717, 1.165) is 11.3 Å². The molecular weight excluding hydrogens is 244 g/mol. The third kappa shape index (κ3) is 4.58. The van der Waals surface area contributed by atoms with Crippen molar-refractivity contribution in [2.24, 2.45) is 0 Å². The molecule has 1 rings (SSSR count). The zero-order valence-electron chi connectivity index (χ0n) is 11.6. The SMILES string of the molecule is COc1ccc(/C=C/C(=O)C(C)(C)OC(C)=O)cc1. The van der Waals surface area contributed by atoms with Gasteiger partial charge in [0.25, 0.3) is 0 Å². The minimum atomic E-state index is -1.14. The molecule has 19 heavy (non-hydrogen) atoms. The smallest absolute Gasteiger partial charge is 0.303 e. The zero-order valence-corrected chi connectivity index (χ0v) is 11.6. The summed E-state index contributed by atoms with van der Waals surface area (Å²) < 4.78 is 10.0. The molecule has 0 spiro atoms. The standard InChI is InChI=1S/C15H18O4/c1-11(16)19-15(2,3)14(17)10-7-12-5-8-13(18-4)9-6-12/h5-10H,1-4H3/b10-7+. The van der Waals surface area contributed by atoms with E-state index in [9.17, 15) is 9.59 Å². The van der Waals surface area contributed by atoms with E-state index >= 15 is 0 Å². The van der Waals surface area contributed by atoms with Crippen molar-refractivity contribution in [3.63, 3.8) is 0 Å². The molecule has 102 valence electrons. The van der Waals surface area contributed by atoms with Crippen LogP contribution in [0.15, 0.2) is 30.3 Å². The van der Waals surface area contributed by atoms with Crippen molar-refractivity contribution < 1.29 is 19.1 Å². The van der Waals surface area contributed by atoms with Crippen LogP contribution in [0, 0.1) is 0 Å². The predicted molar refractivity (Wildman–Crippen MR) is 72.9 cm³/mol. The molecule has 0 unspecified atom stereocenters. The zero-order chi connectivity index (χ0) is 14.5. The van der Waals surface area contributed by atoms with Gasteiger partial charge in [0.2, 0.25) is 0 Å². The molecule has 0 aliphatic heterocycles. The first-order valence-electron chi connectivity index (χ1n) is 5.91. The molecule has 0 aliphatic carbocycles. The normalized spacial score (nSPS) is 11.4. The van der Waals surface area contributed by atoms with Gasteiger partial charge in [-0.25, -0.2) is 0 Å². The topological polar surface area (TPSA) is 52.6 Å². The van der Waals surface area contributed by atoms with Crippen molar-refractivity contribution in [3.8, 4) is 5.75 Å². The predicted octanol–water partition coefficient (Wildman–Crippen LogP) is 2.62. The van der Waals surface area contributed by atoms with Crippen molar-refractivity contribution in [1.82, 2.24) is 0 Å². The molecule has 0 atom stereocenters. The van der Waals surface area contributed by atoms with Gasteiger partial charge in [0, 0.05) is 6.92 Å². The number of hydrogen-bond acceptors (Lipinski definition) is 4. The Kier molecular flexibility index (Phi) is 4.87. The molecular formula is C15H18O4. The van der Waals surface area contributed by atoms with Crippen LogP contribution in [0.1, 0.15) is 26.3 Å². The second-order valence-corrected chi connectivity index (χ2v) is 4.57. The number of carbonyl (C=O) groups is 2. The third-order valence-corrected chi connectivity index (χ3v) is 2.54. The number of ketones is 1. The summed E-state index contributed by atoms with van der Waals surface area (Å²) in [6.45, 7) is 4.41. The van der Waals surface area contributed by atoms with Crippen molar-refractivity contribution in [3.05, 3.63) is 35.9 Å². The second-order valence-electron chi connectivity index (χ2n) is 4.57. The van der Waals surface area contributed by atoms with E-state index in [0.29, 0.717) is 0 Å². The van der Waals surface area contributed by atoms with Crippen LogP contribution in [-0.4, -0.2) is 24.5 Å². The summed E-state index contributed by atoms with van der Waals surface area (Å²) in [5.74, 6) is 0.0124. The quantitative estimate of drug-likeness (QED) is 0.604. The number of hydrogen-bond donors (Lipinski definition) is 0. The first-order chi connectivity index (χ1) is 8.85. The fourth-order valence-corrected chi connectivity index (χ4v) is 1.50. The summed E-state index contributed by atoms with van der Waals surface area (Å²) in [4.78, 5) is 22.8. The molecule has 4 nitrogen and oxygen atoms in total. The Morgan fingerprint density at radius 2 is 1.74 bits per heavy atom. The molecule has 0 N–H and O–H groups in total.